The van der Waals surface area contributed by atoms with Crippen LogP contribution >= 0.6 is 0 Å². The summed E-state index contributed by atoms with van der Waals surface area (Å²) in [5.41, 5.74) is 14.3. The predicted octanol–water partition coefficient (Wildman–Crippen LogP) is 12.1. The van der Waals surface area contributed by atoms with Crippen molar-refractivity contribution in [1.29, 1.82) is 0 Å². The molecule has 0 saturated carbocycles. The third-order valence-electron chi connectivity index (χ3n) is 10.6. The number of hydrogen-bond acceptors (Lipinski definition) is 3. The van der Waals surface area contributed by atoms with Crippen LogP contribution in [-0.4, -0.2) is 15.1 Å². The van der Waals surface area contributed by atoms with Crippen LogP contribution in [0, 0.1) is 0 Å². The van der Waals surface area contributed by atoms with E-state index in [9.17, 15) is 5.11 Å². The van der Waals surface area contributed by atoms with Gasteiger partial charge in [-0.2, -0.15) is 0 Å². The molecule has 0 amide bonds. The molecule has 7 aromatic rings. The Kier molecular flexibility index (Phi) is 7.99. The van der Waals surface area contributed by atoms with Gasteiger partial charge < -0.3 is 5.11 Å². The zero-order chi connectivity index (χ0) is 36.3. The maximum absolute atomic E-state index is 11.1. The van der Waals surface area contributed by atoms with Gasteiger partial charge in [0, 0.05) is 17.3 Å². The fraction of sp³-hybridized carbons (Fsp3) is 0.184. The van der Waals surface area contributed by atoms with Crippen molar-refractivity contribution in [2.24, 2.45) is 0 Å². The lowest BCUT2D eigenvalue weighted by Crippen LogP contribution is -2.29. The third kappa shape index (κ3) is 5.62. The summed E-state index contributed by atoms with van der Waals surface area (Å²) in [7, 11) is 0. The average Bonchev–Trinajstić information content (AvgIpc) is 3.45. The van der Waals surface area contributed by atoms with E-state index in [1.807, 2.05) is 30.5 Å². The number of benzene rings is 5. The molecule has 3 nitrogen and oxygen atoms in total. The monoisotopic (exact) mass is 676 g/mol. The number of rotatable bonds is 5. The van der Waals surface area contributed by atoms with Crippen molar-refractivity contribution in [1.82, 2.24) is 9.97 Å². The van der Waals surface area contributed by atoms with Crippen LogP contribution in [0.3, 0.4) is 0 Å². The summed E-state index contributed by atoms with van der Waals surface area (Å²) in [5, 5.41) is 11.1. The van der Waals surface area contributed by atoms with E-state index in [0.29, 0.717) is 5.56 Å². The van der Waals surface area contributed by atoms with Gasteiger partial charge in [-0.1, -0.05) is 145 Å². The minimum absolute atomic E-state index is 0.0333. The van der Waals surface area contributed by atoms with Crippen LogP contribution in [0.4, 0.5) is 0 Å². The van der Waals surface area contributed by atoms with Gasteiger partial charge >= 0.3 is 0 Å². The Morgan fingerprint density at radius 2 is 1.04 bits per heavy atom. The highest BCUT2D eigenvalue weighted by molar-refractivity contribution is 5.86. The van der Waals surface area contributed by atoms with Gasteiger partial charge in [0.15, 0.2) is 0 Å². The average molecular weight is 677 g/mol. The Labute approximate surface area is 307 Å². The van der Waals surface area contributed by atoms with E-state index in [-0.39, 0.29) is 16.6 Å². The highest BCUT2D eigenvalue weighted by Crippen LogP contribution is 2.55. The van der Waals surface area contributed by atoms with E-state index in [2.05, 4.69) is 157 Å². The Morgan fingerprint density at radius 1 is 0.481 bits per heavy atom. The van der Waals surface area contributed by atoms with Gasteiger partial charge in [-0.25, -0.2) is 4.98 Å². The second kappa shape index (κ2) is 12.5. The first kappa shape index (κ1) is 33.3. The number of phenolic OH excluding ortho intramolecular Hbond substituents is 1. The van der Waals surface area contributed by atoms with Crippen molar-refractivity contribution >= 4 is 0 Å². The van der Waals surface area contributed by atoms with Gasteiger partial charge in [-0.05, 0) is 103 Å². The van der Waals surface area contributed by atoms with E-state index < -0.39 is 5.41 Å². The number of nitrogens with zero attached hydrogens (tertiary/aromatic N) is 2. The standard InChI is InChI=1S/C49H44N2O/c1-47(2,3)36-27-33(28-37(31-36)48(4,5)6)34-29-43(51-44(30-34)40-20-9-12-23-45(40)52)32-16-15-17-35(26-32)49(46-24-13-14-25-50-46)41-21-10-7-18-38(41)39-19-8-11-22-42(39)49/h7-31,52H,1-6H3. The molecule has 0 radical (unpaired) electrons. The van der Waals surface area contributed by atoms with E-state index in [4.69, 9.17) is 9.97 Å². The minimum atomic E-state index is -0.620. The van der Waals surface area contributed by atoms with Crippen LogP contribution in [-0.2, 0) is 16.2 Å². The highest BCUT2D eigenvalue weighted by atomic mass is 16.3. The van der Waals surface area contributed by atoms with Crippen LogP contribution in [0.25, 0.3) is 44.8 Å². The lowest BCUT2D eigenvalue weighted by Gasteiger charge is -2.33. The quantitative estimate of drug-likeness (QED) is 0.197. The zero-order valence-corrected chi connectivity index (χ0v) is 30.8. The van der Waals surface area contributed by atoms with Crippen LogP contribution in [0.1, 0.15) is 75.1 Å². The SMILES string of the molecule is CC(C)(C)c1cc(-c2cc(-c3cccc(C4(c5ccccn5)c5ccccc5-c5ccccc54)c3)nc(-c3ccccc3O)c2)cc(C(C)(C)C)c1. The van der Waals surface area contributed by atoms with Gasteiger partial charge in [0.25, 0.3) is 0 Å². The molecule has 0 spiro atoms. The molecule has 2 heterocycles. The number of hydrogen-bond donors (Lipinski definition) is 1. The molecule has 1 N–H and O–H groups in total. The summed E-state index contributed by atoms with van der Waals surface area (Å²) in [6, 6.07) is 51.3. The maximum Gasteiger partial charge on any atom is 0.124 e. The lowest BCUT2D eigenvalue weighted by molar-refractivity contribution is 0.477. The van der Waals surface area contributed by atoms with Crippen LogP contribution in [0.5, 0.6) is 5.75 Å². The lowest BCUT2D eigenvalue weighted by atomic mass is 9.69. The molecule has 5 aromatic carbocycles. The summed E-state index contributed by atoms with van der Waals surface area (Å²) < 4.78 is 0. The molecule has 0 aliphatic heterocycles. The smallest absolute Gasteiger partial charge is 0.124 e. The third-order valence-corrected chi connectivity index (χ3v) is 10.6. The summed E-state index contributed by atoms with van der Waals surface area (Å²) in [6.45, 7) is 13.6. The predicted molar refractivity (Wildman–Crippen MR) is 215 cm³/mol. The summed E-state index contributed by atoms with van der Waals surface area (Å²) in [6.07, 6.45) is 1.89. The molecule has 2 aromatic heterocycles. The molecule has 3 heteroatoms. The van der Waals surface area contributed by atoms with E-state index in [0.717, 1.165) is 39.3 Å². The summed E-state index contributed by atoms with van der Waals surface area (Å²) >= 11 is 0. The Morgan fingerprint density at radius 3 is 1.63 bits per heavy atom. The van der Waals surface area contributed by atoms with Crippen LogP contribution in [0.15, 0.2) is 152 Å². The van der Waals surface area contributed by atoms with Crippen molar-refractivity contribution in [3.63, 3.8) is 0 Å². The molecular formula is C49H44N2O. The van der Waals surface area contributed by atoms with E-state index >= 15 is 0 Å². The first-order chi connectivity index (χ1) is 24.9. The highest BCUT2D eigenvalue weighted by Gasteiger charge is 2.47. The van der Waals surface area contributed by atoms with Gasteiger partial charge in [0.1, 0.15) is 5.75 Å². The molecule has 0 fully saturated rings. The normalized spacial score (nSPS) is 13.4. The molecule has 8 rings (SSSR count). The van der Waals surface area contributed by atoms with Gasteiger partial charge in [0.05, 0.1) is 22.5 Å². The molecule has 0 atom stereocenters. The molecular weight excluding hydrogens is 633 g/mol. The van der Waals surface area contributed by atoms with Crippen LogP contribution < -0.4 is 0 Å². The van der Waals surface area contributed by atoms with E-state index in [1.165, 1.54) is 33.4 Å². The van der Waals surface area contributed by atoms with Crippen molar-refractivity contribution in [2.75, 3.05) is 0 Å². The second-order valence-electron chi connectivity index (χ2n) is 16.1. The number of aromatic hydroxyl groups is 1. The number of para-hydroxylation sites is 1. The largest absolute Gasteiger partial charge is 0.507 e. The van der Waals surface area contributed by atoms with Crippen molar-refractivity contribution in [2.45, 2.75) is 57.8 Å². The molecule has 0 unspecified atom stereocenters. The zero-order valence-electron chi connectivity index (χ0n) is 30.8. The fourth-order valence-electron chi connectivity index (χ4n) is 7.80. The van der Waals surface area contributed by atoms with Gasteiger partial charge in [0.2, 0.25) is 0 Å². The summed E-state index contributed by atoms with van der Waals surface area (Å²) in [5.74, 6) is 0.207. The fourth-order valence-corrected chi connectivity index (χ4v) is 7.80. The summed E-state index contributed by atoms with van der Waals surface area (Å²) in [4.78, 5) is 10.3. The number of pyridine rings is 2. The van der Waals surface area contributed by atoms with Crippen molar-refractivity contribution in [3.05, 3.63) is 185 Å². The Balaban J connectivity index is 1.39. The second-order valence-corrected chi connectivity index (χ2v) is 16.1. The molecule has 1 aliphatic rings. The van der Waals surface area contributed by atoms with Crippen molar-refractivity contribution in [3.8, 4) is 50.5 Å². The number of aromatic nitrogens is 2. The van der Waals surface area contributed by atoms with Gasteiger partial charge in [-0.15, -0.1) is 0 Å². The first-order valence-corrected chi connectivity index (χ1v) is 18.1. The van der Waals surface area contributed by atoms with Crippen LogP contribution in [0.2, 0.25) is 0 Å². The minimum Gasteiger partial charge on any atom is -0.507 e. The Bertz CT molecular complexity index is 2370. The molecule has 1 aliphatic carbocycles. The number of fused-ring (bicyclic) bond motifs is 3. The van der Waals surface area contributed by atoms with E-state index in [1.54, 1.807) is 6.07 Å². The topological polar surface area (TPSA) is 46.0 Å². The maximum atomic E-state index is 11.1. The Hall–Kier alpha value is -5.80. The van der Waals surface area contributed by atoms with Gasteiger partial charge in [-0.3, -0.25) is 4.98 Å². The molecule has 0 saturated heterocycles. The number of phenols is 1. The molecule has 0 bridgehead atoms. The molecule has 52 heavy (non-hydrogen) atoms. The molecule has 256 valence electrons. The first-order valence-electron chi connectivity index (χ1n) is 18.1. The van der Waals surface area contributed by atoms with Crippen molar-refractivity contribution < 1.29 is 5.11 Å².